The van der Waals surface area contributed by atoms with Crippen molar-refractivity contribution in [1.82, 2.24) is 15.2 Å². The van der Waals surface area contributed by atoms with Crippen LogP contribution in [0.3, 0.4) is 0 Å². The predicted octanol–water partition coefficient (Wildman–Crippen LogP) is 1.71. The normalized spacial score (nSPS) is 11.0. The highest BCUT2D eigenvalue weighted by atomic mass is 79.9. The van der Waals surface area contributed by atoms with Gasteiger partial charge in [-0.2, -0.15) is 5.10 Å². The number of nitrogens with zero attached hydrogens (tertiary/aromatic N) is 2. The Morgan fingerprint density at radius 1 is 1.52 bits per heavy atom. The van der Waals surface area contributed by atoms with E-state index in [0.717, 1.165) is 15.7 Å². The zero-order chi connectivity index (χ0) is 15.6. The van der Waals surface area contributed by atoms with Crippen molar-refractivity contribution in [2.24, 2.45) is 10.8 Å². The molecule has 1 aromatic heterocycles. The van der Waals surface area contributed by atoms with Crippen molar-refractivity contribution >= 4 is 39.5 Å². The summed E-state index contributed by atoms with van der Waals surface area (Å²) < 4.78 is 2.45. The fourth-order valence-corrected chi connectivity index (χ4v) is 2.44. The van der Waals surface area contributed by atoms with Crippen molar-refractivity contribution in [1.29, 1.82) is 0 Å². The van der Waals surface area contributed by atoms with Crippen LogP contribution in [-0.4, -0.2) is 21.1 Å². The van der Waals surface area contributed by atoms with Crippen LogP contribution in [0.15, 0.2) is 32.6 Å². The Labute approximate surface area is 135 Å². The lowest BCUT2D eigenvalue weighted by Crippen LogP contribution is -2.24. The smallest absolute Gasteiger partial charge is 0.280 e. The third-order valence-corrected chi connectivity index (χ3v) is 3.47. The van der Waals surface area contributed by atoms with Gasteiger partial charge in [0, 0.05) is 10.2 Å². The second-order valence-electron chi connectivity index (χ2n) is 4.46. The van der Waals surface area contributed by atoms with Crippen molar-refractivity contribution in [3.05, 3.63) is 49.8 Å². The van der Waals surface area contributed by atoms with Gasteiger partial charge in [-0.1, -0.05) is 15.9 Å². The molecule has 0 unspecified atom stereocenters. The Balaban J connectivity index is 2.46. The average molecular weight is 368 g/mol. The molecular formula is C13H14BrN5OS. The monoisotopic (exact) mass is 367 g/mol. The number of rotatable bonds is 3. The number of hydrogen-bond acceptors (Lipinski definition) is 3. The van der Waals surface area contributed by atoms with Crippen molar-refractivity contribution in [3.63, 3.8) is 0 Å². The molecule has 1 heterocycles. The van der Waals surface area contributed by atoms with E-state index in [9.17, 15) is 4.79 Å². The molecule has 0 aliphatic carbocycles. The first-order chi connectivity index (χ1) is 9.90. The topological polar surface area (TPSA) is 88.2 Å². The molecule has 0 bridgehead atoms. The van der Waals surface area contributed by atoms with E-state index < -0.39 is 0 Å². The number of hydrogen-bond donors (Lipinski definition) is 3. The Kier molecular flexibility index (Phi) is 4.59. The largest absolute Gasteiger partial charge is 0.375 e. The van der Waals surface area contributed by atoms with E-state index in [1.54, 1.807) is 6.92 Å². The van der Waals surface area contributed by atoms with Gasteiger partial charge < -0.3 is 5.73 Å². The van der Waals surface area contributed by atoms with E-state index in [4.69, 9.17) is 5.73 Å². The van der Waals surface area contributed by atoms with Crippen LogP contribution in [0.25, 0.3) is 5.69 Å². The lowest BCUT2D eigenvalue weighted by Gasteiger charge is -2.06. The minimum Gasteiger partial charge on any atom is -0.375 e. The van der Waals surface area contributed by atoms with Crippen LogP contribution in [0.2, 0.25) is 0 Å². The highest BCUT2D eigenvalue weighted by Gasteiger charge is 2.12. The van der Waals surface area contributed by atoms with Gasteiger partial charge in [-0.05, 0) is 49.8 Å². The second-order valence-corrected chi connectivity index (χ2v) is 5.81. The molecule has 6 nitrogen and oxygen atoms in total. The zero-order valence-electron chi connectivity index (χ0n) is 11.5. The van der Waals surface area contributed by atoms with Crippen molar-refractivity contribution in [2.75, 3.05) is 0 Å². The summed E-state index contributed by atoms with van der Waals surface area (Å²) in [4.78, 5) is 12.4. The number of H-pyrrole nitrogens is 1. The Morgan fingerprint density at radius 2 is 2.24 bits per heavy atom. The molecule has 0 radical (unpaired) electrons. The van der Waals surface area contributed by atoms with Crippen molar-refractivity contribution in [2.45, 2.75) is 13.8 Å². The minimum atomic E-state index is -0.189. The van der Waals surface area contributed by atoms with Gasteiger partial charge in [0.05, 0.1) is 17.5 Å². The molecule has 8 heteroatoms. The molecule has 0 saturated heterocycles. The van der Waals surface area contributed by atoms with E-state index in [-0.39, 0.29) is 10.7 Å². The Bertz CT molecular complexity index is 777. The fraction of sp³-hybridized carbons (Fsp3) is 0.154. The fourth-order valence-electron chi connectivity index (χ4n) is 1.91. The standard InChI is InChI=1S/C13H14BrN5OS/c1-7-5-9(14)3-4-11(7)19-12(20)10(8(2)18-19)6-16-17-13(15)21/h3-6,18H,1-2H3,(H3,15,17,21). The number of hydrazone groups is 1. The molecule has 0 fully saturated rings. The Morgan fingerprint density at radius 3 is 2.86 bits per heavy atom. The van der Waals surface area contributed by atoms with E-state index >= 15 is 0 Å². The van der Waals surface area contributed by atoms with Gasteiger partial charge in [-0.25, -0.2) is 4.68 Å². The number of nitrogens with two attached hydrogens (primary N) is 1. The lowest BCUT2D eigenvalue weighted by molar-refractivity contribution is 0.828. The molecule has 2 rings (SSSR count). The number of aromatic amines is 1. The van der Waals surface area contributed by atoms with Crippen LogP contribution in [-0.2, 0) is 0 Å². The van der Waals surface area contributed by atoms with Gasteiger partial charge in [0.25, 0.3) is 5.56 Å². The molecule has 4 N–H and O–H groups in total. The van der Waals surface area contributed by atoms with Gasteiger partial charge in [0.1, 0.15) is 0 Å². The van der Waals surface area contributed by atoms with E-state index in [1.165, 1.54) is 10.9 Å². The summed E-state index contributed by atoms with van der Waals surface area (Å²) in [5.74, 6) is 0. The maximum Gasteiger partial charge on any atom is 0.280 e. The molecule has 0 amide bonds. The highest BCUT2D eigenvalue weighted by Crippen LogP contribution is 2.18. The first-order valence-corrected chi connectivity index (χ1v) is 7.27. The summed E-state index contributed by atoms with van der Waals surface area (Å²) >= 11 is 8.05. The van der Waals surface area contributed by atoms with Crippen molar-refractivity contribution in [3.8, 4) is 5.69 Å². The van der Waals surface area contributed by atoms with Crippen LogP contribution in [0, 0.1) is 13.8 Å². The van der Waals surface area contributed by atoms with E-state index in [2.05, 4.69) is 43.8 Å². The zero-order valence-corrected chi connectivity index (χ0v) is 13.9. The van der Waals surface area contributed by atoms with E-state index in [1.807, 2.05) is 25.1 Å². The predicted molar refractivity (Wildman–Crippen MR) is 91.1 cm³/mol. The maximum atomic E-state index is 12.4. The summed E-state index contributed by atoms with van der Waals surface area (Å²) in [6, 6.07) is 5.69. The summed E-state index contributed by atoms with van der Waals surface area (Å²) in [5, 5.41) is 6.90. The van der Waals surface area contributed by atoms with Gasteiger partial charge in [0.2, 0.25) is 0 Å². The summed E-state index contributed by atoms with van der Waals surface area (Å²) in [5.41, 5.74) is 10.4. The molecule has 2 aromatic rings. The van der Waals surface area contributed by atoms with Gasteiger partial charge >= 0.3 is 0 Å². The quantitative estimate of drug-likeness (QED) is 0.437. The molecule has 110 valence electrons. The van der Waals surface area contributed by atoms with Crippen LogP contribution >= 0.6 is 28.1 Å². The number of halogens is 1. The molecule has 1 aromatic carbocycles. The van der Waals surface area contributed by atoms with E-state index in [0.29, 0.717) is 11.3 Å². The number of thiocarbonyl (C=S) groups is 1. The first-order valence-electron chi connectivity index (χ1n) is 6.07. The van der Waals surface area contributed by atoms with Gasteiger partial charge in [0.15, 0.2) is 5.11 Å². The molecular weight excluding hydrogens is 354 g/mol. The second kappa shape index (κ2) is 6.23. The summed E-state index contributed by atoms with van der Waals surface area (Å²) in [6.45, 7) is 3.74. The molecule has 0 atom stereocenters. The SMILES string of the molecule is Cc1cc(Br)ccc1-n1[nH]c(C)c(C=NNC(N)=S)c1=O. The lowest BCUT2D eigenvalue weighted by atomic mass is 10.2. The Hall–Kier alpha value is -1.93. The molecule has 0 aliphatic rings. The molecule has 0 aliphatic heterocycles. The van der Waals surface area contributed by atoms with Gasteiger partial charge in [-0.3, -0.25) is 15.3 Å². The number of benzene rings is 1. The number of aryl methyl sites for hydroxylation is 2. The molecule has 0 spiro atoms. The molecule has 0 saturated carbocycles. The number of nitrogens with one attached hydrogen (secondary N) is 2. The molecule has 21 heavy (non-hydrogen) atoms. The van der Waals surface area contributed by atoms with Gasteiger partial charge in [-0.15, -0.1) is 0 Å². The maximum absolute atomic E-state index is 12.4. The minimum absolute atomic E-state index is 0.0449. The van der Waals surface area contributed by atoms with Crippen LogP contribution < -0.4 is 16.7 Å². The third kappa shape index (κ3) is 3.40. The summed E-state index contributed by atoms with van der Waals surface area (Å²) in [6.07, 6.45) is 1.40. The highest BCUT2D eigenvalue weighted by molar-refractivity contribution is 9.10. The average Bonchev–Trinajstić information content (AvgIpc) is 2.66. The van der Waals surface area contributed by atoms with Crippen LogP contribution in [0.1, 0.15) is 16.8 Å². The van der Waals surface area contributed by atoms with Crippen molar-refractivity contribution < 1.29 is 0 Å². The van der Waals surface area contributed by atoms with Crippen LogP contribution in [0.4, 0.5) is 0 Å². The number of aromatic nitrogens is 2. The summed E-state index contributed by atoms with van der Waals surface area (Å²) in [7, 11) is 0. The third-order valence-electron chi connectivity index (χ3n) is 2.89. The van der Waals surface area contributed by atoms with Crippen LogP contribution in [0.5, 0.6) is 0 Å². The first kappa shape index (κ1) is 15.5.